The number of hydrogen-bond donors (Lipinski definition) is 1. The third kappa shape index (κ3) is 2.83. The van der Waals surface area contributed by atoms with Crippen LogP contribution in [0.2, 0.25) is 10.0 Å². The van der Waals surface area contributed by atoms with Crippen molar-refractivity contribution in [3.8, 4) is 11.6 Å². The van der Waals surface area contributed by atoms with Crippen molar-refractivity contribution in [2.45, 2.75) is 0 Å². The van der Waals surface area contributed by atoms with E-state index >= 15 is 0 Å². The Balaban J connectivity index is 2.43. The molecule has 1 aromatic heterocycles. The maximum atomic E-state index is 11.2. The molecule has 7 nitrogen and oxygen atoms in total. The fourth-order valence-corrected chi connectivity index (χ4v) is 1.52. The Morgan fingerprint density at radius 2 is 2.11 bits per heavy atom. The third-order valence-electron chi connectivity index (χ3n) is 2.10. The second kappa shape index (κ2) is 5.25. The first-order valence-electron chi connectivity index (χ1n) is 4.84. The van der Waals surface area contributed by atoms with Gasteiger partial charge in [0.25, 0.3) is 11.2 Å². The molecule has 0 unspecified atom stereocenters. The van der Waals surface area contributed by atoms with E-state index in [2.05, 4.69) is 9.97 Å². The summed E-state index contributed by atoms with van der Waals surface area (Å²) in [6.45, 7) is 0. The monoisotopic (exact) mass is 301 g/mol. The van der Waals surface area contributed by atoms with Crippen LogP contribution in [0, 0.1) is 10.1 Å². The topological polar surface area (TPSA) is 98.1 Å². The molecular formula is C10H5Cl2N3O4. The Labute approximate surface area is 115 Å². The average molecular weight is 302 g/mol. The number of nitro benzene ring substituents is 1. The summed E-state index contributed by atoms with van der Waals surface area (Å²) in [5, 5.41) is 10.5. The number of H-pyrrole nitrogens is 1. The van der Waals surface area contributed by atoms with E-state index in [9.17, 15) is 14.9 Å². The summed E-state index contributed by atoms with van der Waals surface area (Å²) in [6.07, 6.45) is 1.09. The van der Waals surface area contributed by atoms with Crippen LogP contribution in [0.1, 0.15) is 0 Å². The van der Waals surface area contributed by atoms with Crippen molar-refractivity contribution in [1.29, 1.82) is 0 Å². The molecule has 0 radical (unpaired) electrons. The number of non-ortho nitro benzene ring substituents is 1. The number of aromatic nitrogens is 2. The van der Waals surface area contributed by atoms with Crippen LogP contribution >= 0.6 is 23.2 Å². The number of hydrogen-bond acceptors (Lipinski definition) is 5. The van der Waals surface area contributed by atoms with Crippen LogP contribution in [0.15, 0.2) is 29.3 Å². The molecule has 0 bridgehead atoms. The molecule has 2 rings (SSSR count). The highest BCUT2D eigenvalue weighted by Crippen LogP contribution is 2.33. The van der Waals surface area contributed by atoms with Crippen LogP contribution in [0.25, 0.3) is 0 Å². The highest BCUT2D eigenvalue weighted by Gasteiger charge is 2.14. The van der Waals surface area contributed by atoms with Crippen molar-refractivity contribution < 1.29 is 9.66 Å². The van der Waals surface area contributed by atoms with Crippen LogP contribution in [0.3, 0.4) is 0 Å². The van der Waals surface area contributed by atoms with Gasteiger partial charge in [-0.25, -0.2) is 4.98 Å². The molecule has 1 aromatic carbocycles. The summed E-state index contributed by atoms with van der Waals surface area (Å²) < 4.78 is 5.21. The third-order valence-corrected chi connectivity index (χ3v) is 2.74. The molecule has 1 heterocycles. The van der Waals surface area contributed by atoms with Gasteiger partial charge in [-0.15, -0.1) is 0 Å². The van der Waals surface area contributed by atoms with Gasteiger partial charge in [-0.2, -0.15) is 0 Å². The Morgan fingerprint density at radius 1 is 1.37 bits per heavy atom. The van der Waals surface area contributed by atoms with Crippen molar-refractivity contribution in [3.63, 3.8) is 0 Å². The second-order valence-electron chi connectivity index (χ2n) is 3.32. The smallest absolute Gasteiger partial charge is 0.273 e. The molecule has 0 fully saturated rings. The van der Waals surface area contributed by atoms with Crippen molar-refractivity contribution in [1.82, 2.24) is 9.97 Å². The predicted octanol–water partition coefficient (Wildman–Crippen LogP) is 2.78. The Bertz CT molecular complexity index is 701. The van der Waals surface area contributed by atoms with Crippen molar-refractivity contribution in [2.24, 2.45) is 0 Å². The van der Waals surface area contributed by atoms with Gasteiger partial charge in [-0.1, -0.05) is 23.2 Å². The molecule has 1 N–H and O–H groups in total. The molecule has 0 atom stereocenters. The molecular weight excluding hydrogens is 297 g/mol. The summed E-state index contributed by atoms with van der Waals surface area (Å²) in [4.78, 5) is 27.3. The highest BCUT2D eigenvalue weighted by atomic mass is 35.5. The minimum Gasteiger partial charge on any atom is -0.435 e. The van der Waals surface area contributed by atoms with E-state index in [0.29, 0.717) is 0 Å². The van der Waals surface area contributed by atoms with Gasteiger partial charge in [0.1, 0.15) is 0 Å². The number of benzene rings is 1. The molecule has 2 aromatic rings. The molecule has 0 aliphatic rings. The number of aromatic amines is 1. The highest BCUT2D eigenvalue weighted by molar-refractivity contribution is 6.32. The molecule has 0 spiro atoms. The summed E-state index contributed by atoms with van der Waals surface area (Å²) in [5.74, 6) is -0.205. The zero-order chi connectivity index (χ0) is 14.0. The van der Waals surface area contributed by atoms with Gasteiger partial charge in [0.15, 0.2) is 10.8 Å². The quantitative estimate of drug-likeness (QED) is 0.694. The number of nitrogens with one attached hydrogen (secondary N) is 1. The number of rotatable bonds is 3. The van der Waals surface area contributed by atoms with Gasteiger partial charge in [-0.3, -0.25) is 14.9 Å². The Morgan fingerprint density at radius 3 is 2.79 bits per heavy atom. The number of nitrogens with zero attached hydrogens (tertiary/aromatic N) is 2. The lowest BCUT2D eigenvalue weighted by molar-refractivity contribution is -0.384. The first-order chi connectivity index (χ1) is 8.99. The van der Waals surface area contributed by atoms with Gasteiger partial charge < -0.3 is 9.72 Å². The van der Waals surface area contributed by atoms with E-state index in [0.717, 1.165) is 12.4 Å². The molecule has 0 saturated heterocycles. The molecule has 9 heteroatoms. The number of nitro groups is 1. The van der Waals surface area contributed by atoms with Crippen molar-refractivity contribution in [2.75, 3.05) is 0 Å². The van der Waals surface area contributed by atoms with Crippen LogP contribution in [-0.4, -0.2) is 14.9 Å². The van der Waals surface area contributed by atoms with E-state index < -0.39 is 10.5 Å². The lowest BCUT2D eigenvalue weighted by Crippen LogP contribution is -2.08. The maximum absolute atomic E-state index is 11.2. The fraction of sp³-hybridized carbons (Fsp3) is 0. The summed E-state index contributed by atoms with van der Waals surface area (Å²) in [7, 11) is 0. The zero-order valence-electron chi connectivity index (χ0n) is 9.09. The normalized spacial score (nSPS) is 10.2. The molecule has 0 saturated carbocycles. The summed E-state index contributed by atoms with van der Waals surface area (Å²) in [6, 6.07) is 3.64. The van der Waals surface area contributed by atoms with E-state index in [1.54, 1.807) is 0 Å². The number of ether oxygens (including phenoxy) is 1. The van der Waals surface area contributed by atoms with Crippen molar-refractivity contribution >= 4 is 28.9 Å². The van der Waals surface area contributed by atoms with E-state index in [4.69, 9.17) is 27.9 Å². The van der Waals surface area contributed by atoms with Crippen LogP contribution in [0.5, 0.6) is 11.6 Å². The van der Waals surface area contributed by atoms with Gasteiger partial charge >= 0.3 is 0 Å². The summed E-state index contributed by atoms with van der Waals surface area (Å²) >= 11 is 11.5. The maximum Gasteiger partial charge on any atom is 0.273 e. The molecule has 0 amide bonds. The molecule has 98 valence electrons. The standard InChI is InChI=1S/C10H5Cl2N3O4/c11-6-2-1-5(15(17)18)3-7(6)19-10-8(12)9(16)13-4-14-10/h1-4H,(H,13,14,16). The van der Waals surface area contributed by atoms with Gasteiger partial charge in [-0.05, 0) is 6.07 Å². The molecule has 0 aliphatic heterocycles. The lowest BCUT2D eigenvalue weighted by Gasteiger charge is -2.06. The first-order valence-corrected chi connectivity index (χ1v) is 5.59. The average Bonchev–Trinajstić information content (AvgIpc) is 2.37. The minimum atomic E-state index is -0.601. The molecule has 0 aliphatic carbocycles. The van der Waals surface area contributed by atoms with Gasteiger partial charge in [0, 0.05) is 6.07 Å². The summed E-state index contributed by atoms with van der Waals surface area (Å²) in [5.41, 5.74) is -0.798. The SMILES string of the molecule is O=c1[nH]cnc(Oc2cc([N+](=O)[O-])ccc2Cl)c1Cl. The van der Waals surface area contributed by atoms with Gasteiger partial charge in [0.05, 0.1) is 22.3 Å². The molecule has 19 heavy (non-hydrogen) atoms. The lowest BCUT2D eigenvalue weighted by atomic mass is 10.3. The Kier molecular flexibility index (Phi) is 3.68. The second-order valence-corrected chi connectivity index (χ2v) is 4.11. The van der Waals surface area contributed by atoms with E-state index in [-0.39, 0.29) is 27.4 Å². The van der Waals surface area contributed by atoms with E-state index in [1.807, 2.05) is 0 Å². The predicted molar refractivity (Wildman–Crippen MR) is 68.0 cm³/mol. The van der Waals surface area contributed by atoms with Crippen molar-refractivity contribution in [3.05, 3.63) is 55.0 Å². The largest absolute Gasteiger partial charge is 0.435 e. The van der Waals surface area contributed by atoms with Crippen LogP contribution < -0.4 is 10.3 Å². The zero-order valence-corrected chi connectivity index (χ0v) is 10.6. The Hall–Kier alpha value is -2.12. The van der Waals surface area contributed by atoms with Crippen LogP contribution in [0.4, 0.5) is 5.69 Å². The first kappa shape index (κ1) is 13.3. The fourth-order valence-electron chi connectivity index (χ4n) is 1.23. The minimum absolute atomic E-state index is 0.0177. The number of halogens is 2. The van der Waals surface area contributed by atoms with Crippen LogP contribution in [-0.2, 0) is 0 Å². The van der Waals surface area contributed by atoms with Gasteiger partial charge in [0.2, 0.25) is 5.88 Å². The van der Waals surface area contributed by atoms with E-state index in [1.165, 1.54) is 12.1 Å².